The van der Waals surface area contributed by atoms with E-state index in [9.17, 15) is 14.0 Å². The van der Waals surface area contributed by atoms with Crippen molar-refractivity contribution in [2.45, 2.75) is 6.61 Å². The fraction of sp³-hybridized carbons (Fsp3) is 0.217. The Morgan fingerprint density at radius 3 is 2.31 bits per heavy atom. The van der Waals surface area contributed by atoms with Crippen molar-refractivity contribution in [1.82, 2.24) is 19.8 Å². The molecule has 0 spiro atoms. The van der Waals surface area contributed by atoms with Gasteiger partial charge in [0.1, 0.15) is 18.2 Å². The van der Waals surface area contributed by atoms with Crippen molar-refractivity contribution in [1.29, 1.82) is 0 Å². The first-order chi connectivity index (χ1) is 15.6. The second kappa shape index (κ2) is 9.86. The zero-order valence-corrected chi connectivity index (χ0v) is 17.3. The predicted octanol–water partition coefficient (Wildman–Crippen LogP) is 3.18. The van der Waals surface area contributed by atoms with Crippen LogP contribution in [0.3, 0.4) is 0 Å². The van der Waals surface area contributed by atoms with Gasteiger partial charge in [0.15, 0.2) is 0 Å². The highest BCUT2D eigenvalue weighted by Gasteiger charge is 2.25. The van der Waals surface area contributed by atoms with Gasteiger partial charge in [0, 0.05) is 44.1 Å². The summed E-state index contributed by atoms with van der Waals surface area (Å²) in [5, 5.41) is 2.65. The molecule has 0 aliphatic carbocycles. The quantitative estimate of drug-likeness (QED) is 0.665. The van der Waals surface area contributed by atoms with Crippen molar-refractivity contribution in [2.75, 3.05) is 31.5 Å². The molecule has 3 aromatic rings. The Morgan fingerprint density at radius 2 is 1.62 bits per heavy atom. The highest BCUT2D eigenvalue weighted by Crippen LogP contribution is 2.17. The number of rotatable bonds is 5. The summed E-state index contributed by atoms with van der Waals surface area (Å²) in [6.07, 6.45) is 3.11. The Bertz CT molecular complexity index is 1070. The Balaban J connectivity index is 1.27. The molecule has 32 heavy (non-hydrogen) atoms. The molecule has 1 aliphatic rings. The van der Waals surface area contributed by atoms with Crippen molar-refractivity contribution in [3.63, 3.8) is 0 Å². The lowest BCUT2D eigenvalue weighted by molar-refractivity contribution is 0.0671. The van der Waals surface area contributed by atoms with Gasteiger partial charge in [-0.25, -0.2) is 19.2 Å². The third-order valence-electron chi connectivity index (χ3n) is 5.03. The largest absolute Gasteiger partial charge is 0.489 e. The summed E-state index contributed by atoms with van der Waals surface area (Å²) in [5.74, 6) is 0.428. The molecule has 0 radical (unpaired) electrons. The number of anilines is 1. The fourth-order valence-electron chi connectivity index (χ4n) is 3.32. The molecule has 2 aromatic carbocycles. The number of carbonyl (C=O) groups is 2. The first-order valence-electron chi connectivity index (χ1n) is 10.2. The first kappa shape index (κ1) is 21.2. The number of carbonyl (C=O) groups excluding carboxylic acids is 2. The van der Waals surface area contributed by atoms with Crippen LogP contribution in [0, 0.1) is 5.82 Å². The average Bonchev–Trinajstić information content (AvgIpc) is 2.83. The monoisotopic (exact) mass is 435 g/mol. The Kier molecular flexibility index (Phi) is 6.54. The van der Waals surface area contributed by atoms with Gasteiger partial charge in [0.2, 0.25) is 5.95 Å². The number of hydrogen-bond donors (Lipinski definition) is 1. The van der Waals surface area contributed by atoms with Crippen LogP contribution in [0.15, 0.2) is 67.0 Å². The smallest absolute Gasteiger partial charge is 0.324 e. The summed E-state index contributed by atoms with van der Waals surface area (Å²) < 4.78 is 18.9. The number of hydrogen-bond acceptors (Lipinski definition) is 5. The second-order valence-corrected chi connectivity index (χ2v) is 7.22. The second-order valence-electron chi connectivity index (χ2n) is 7.22. The average molecular weight is 435 g/mol. The number of halogens is 1. The summed E-state index contributed by atoms with van der Waals surface area (Å²) >= 11 is 0. The molecule has 0 unspecified atom stereocenters. The minimum absolute atomic E-state index is 0.104. The van der Waals surface area contributed by atoms with E-state index in [0.717, 1.165) is 5.56 Å². The number of nitrogens with zero attached hydrogens (tertiary/aromatic N) is 4. The number of benzene rings is 2. The molecule has 164 valence electrons. The lowest BCUT2D eigenvalue weighted by atomic mass is 10.1. The van der Waals surface area contributed by atoms with Gasteiger partial charge < -0.3 is 14.5 Å². The normalized spacial score (nSPS) is 13.5. The molecular weight excluding hydrogens is 413 g/mol. The van der Waals surface area contributed by atoms with Gasteiger partial charge in [-0.15, -0.1) is 0 Å². The van der Waals surface area contributed by atoms with E-state index in [0.29, 0.717) is 37.5 Å². The van der Waals surface area contributed by atoms with Crippen LogP contribution in [0.5, 0.6) is 5.75 Å². The highest BCUT2D eigenvalue weighted by atomic mass is 19.1. The van der Waals surface area contributed by atoms with Crippen molar-refractivity contribution in [3.05, 3.63) is 83.9 Å². The molecule has 0 bridgehead atoms. The number of piperazine rings is 1. The van der Waals surface area contributed by atoms with Crippen LogP contribution in [0.2, 0.25) is 0 Å². The molecule has 1 aliphatic heterocycles. The van der Waals surface area contributed by atoms with Gasteiger partial charge >= 0.3 is 6.03 Å². The van der Waals surface area contributed by atoms with E-state index < -0.39 is 0 Å². The summed E-state index contributed by atoms with van der Waals surface area (Å²) in [6, 6.07) is 14.4. The Morgan fingerprint density at radius 1 is 0.938 bits per heavy atom. The highest BCUT2D eigenvalue weighted by molar-refractivity contribution is 5.94. The van der Waals surface area contributed by atoms with Crippen LogP contribution < -0.4 is 10.1 Å². The van der Waals surface area contributed by atoms with E-state index >= 15 is 0 Å². The molecule has 1 aromatic heterocycles. The van der Waals surface area contributed by atoms with E-state index in [4.69, 9.17) is 4.74 Å². The van der Waals surface area contributed by atoms with Crippen molar-refractivity contribution in [2.24, 2.45) is 0 Å². The van der Waals surface area contributed by atoms with Crippen LogP contribution in [-0.4, -0.2) is 57.9 Å². The van der Waals surface area contributed by atoms with Crippen LogP contribution in [0.4, 0.5) is 15.1 Å². The summed E-state index contributed by atoms with van der Waals surface area (Å²) in [7, 11) is 0. The van der Waals surface area contributed by atoms with Crippen LogP contribution in [0.25, 0.3) is 0 Å². The number of ether oxygens (including phenoxy) is 1. The van der Waals surface area contributed by atoms with Crippen LogP contribution in [0.1, 0.15) is 15.9 Å². The lowest BCUT2D eigenvalue weighted by Crippen LogP contribution is -2.51. The summed E-state index contributed by atoms with van der Waals surface area (Å²) in [6.45, 7) is 1.93. The third kappa shape index (κ3) is 5.37. The zero-order valence-electron chi connectivity index (χ0n) is 17.3. The fourth-order valence-corrected chi connectivity index (χ4v) is 3.32. The standard InChI is InChI=1S/C23H22FN5O3/c24-19-4-1-3-17(15-19)16-32-20-7-5-18(6-8-20)21(30)28-11-13-29(14-12-28)23(31)27-22-25-9-2-10-26-22/h1-10,15H,11-14,16H2,(H,25,26,27,31). The third-order valence-corrected chi connectivity index (χ3v) is 5.03. The maximum atomic E-state index is 13.2. The molecule has 8 nitrogen and oxygen atoms in total. The topological polar surface area (TPSA) is 87.7 Å². The maximum absolute atomic E-state index is 13.2. The van der Waals surface area contributed by atoms with Crippen molar-refractivity contribution >= 4 is 17.9 Å². The van der Waals surface area contributed by atoms with Gasteiger partial charge in [-0.2, -0.15) is 0 Å². The summed E-state index contributed by atoms with van der Waals surface area (Å²) in [5.41, 5.74) is 1.27. The molecular formula is C23H22FN5O3. The predicted molar refractivity (Wildman–Crippen MR) is 116 cm³/mol. The van der Waals surface area contributed by atoms with E-state index in [1.54, 1.807) is 64.7 Å². The minimum atomic E-state index is -0.307. The molecule has 1 saturated heterocycles. The Labute approximate surface area is 184 Å². The first-order valence-corrected chi connectivity index (χ1v) is 10.2. The van der Waals surface area contributed by atoms with E-state index in [-0.39, 0.29) is 30.3 Å². The van der Waals surface area contributed by atoms with Crippen molar-refractivity contribution < 1.29 is 18.7 Å². The number of aromatic nitrogens is 2. The van der Waals surface area contributed by atoms with Crippen molar-refractivity contribution in [3.8, 4) is 5.75 Å². The van der Waals surface area contributed by atoms with Gasteiger partial charge in [-0.3, -0.25) is 10.1 Å². The molecule has 3 amide bonds. The van der Waals surface area contributed by atoms with E-state index in [1.807, 2.05) is 0 Å². The molecule has 1 N–H and O–H groups in total. The summed E-state index contributed by atoms with van der Waals surface area (Å²) in [4.78, 5) is 36.4. The van der Waals surface area contributed by atoms with Gasteiger partial charge in [0.05, 0.1) is 0 Å². The number of nitrogens with one attached hydrogen (secondary N) is 1. The zero-order chi connectivity index (χ0) is 22.3. The molecule has 1 fully saturated rings. The minimum Gasteiger partial charge on any atom is -0.489 e. The van der Waals surface area contributed by atoms with E-state index in [2.05, 4.69) is 15.3 Å². The number of urea groups is 1. The molecule has 9 heteroatoms. The molecule has 0 saturated carbocycles. The molecule has 0 atom stereocenters. The van der Waals surface area contributed by atoms with E-state index in [1.165, 1.54) is 12.1 Å². The van der Waals surface area contributed by atoms with Crippen LogP contribution >= 0.6 is 0 Å². The molecule has 2 heterocycles. The van der Waals surface area contributed by atoms with Crippen LogP contribution in [-0.2, 0) is 6.61 Å². The van der Waals surface area contributed by atoms with Gasteiger partial charge in [-0.05, 0) is 48.0 Å². The molecule has 4 rings (SSSR count). The number of amides is 3. The van der Waals surface area contributed by atoms with Gasteiger partial charge in [0.25, 0.3) is 5.91 Å². The lowest BCUT2D eigenvalue weighted by Gasteiger charge is -2.34. The van der Waals surface area contributed by atoms with Gasteiger partial charge in [-0.1, -0.05) is 12.1 Å². The Hall–Kier alpha value is -4.01. The maximum Gasteiger partial charge on any atom is 0.324 e. The SMILES string of the molecule is O=C(Nc1ncccn1)N1CCN(C(=O)c2ccc(OCc3cccc(F)c3)cc2)CC1.